The predicted molar refractivity (Wildman–Crippen MR) is 87.9 cm³/mol. The van der Waals surface area contributed by atoms with Crippen LogP contribution in [0.25, 0.3) is 0 Å². The molecule has 0 atom stereocenters. The van der Waals surface area contributed by atoms with Crippen molar-refractivity contribution in [3.8, 4) is 11.5 Å². The van der Waals surface area contributed by atoms with Crippen LogP contribution in [-0.4, -0.2) is 19.1 Å². The average Bonchev–Trinajstić information content (AvgIpc) is 2.51. The lowest BCUT2D eigenvalue weighted by molar-refractivity contribution is 0.102. The molecule has 0 saturated heterocycles. The van der Waals surface area contributed by atoms with Crippen molar-refractivity contribution < 1.29 is 14.3 Å². The first kappa shape index (κ1) is 15.9. The summed E-state index contributed by atoms with van der Waals surface area (Å²) in [5.41, 5.74) is 2.27. The fourth-order valence-electron chi connectivity index (χ4n) is 2.13. The maximum Gasteiger partial charge on any atom is 0.259 e. The van der Waals surface area contributed by atoms with Crippen LogP contribution in [0.15, 0.2) is 42.5 Å². The molecule has 4 nitrogen and oxygen atoms in total. The van der Waals surface area contributed by atoms with Gasteiger partial charge in [0.1, 0.15) is 11.5 Å². The number of hydrogen-bond acceptors (Lipinski definition) is 3. The first-order valence-electron chi connectivity index (χ1n) is 7.42. The third-order valence-corrected chi connectivity index (χ3v) is 3.20. The molecule has 116 valence electrons. The minimum absolute atomic E-state index is 0.209. The minimum atomic E-state index is -0.209. The third kappa shape index (κ3) is 3.79. The van der Waals surface area contributed by atoms with Crippen LogP contribution in [0.5, 0.6) is 11.5 Å². The Bertz CT molecular complexity index is 653. The van der Waals surface area contributed by atoms with Gasteiger partial charge in [-0.25, -0.2) is 0 Å². The normalized spacial score (nSPS) is 10.1. The number of amides is 1. The van der Waals surface area contributed by atoms with E-state index in [1.54, 1.807) is 18.2 Å². The molecule has 0 fully saturated rings. The van der Waals surface area contributed by atoms with Crippen molar-refractivity contribution in [3.63, 3.8) is 0 Å². The zero-order valence-corrected chi connectivity index (χ0v) is 13.2. The monoisotopic (exact) mass is 299 g/mol. The molecule has 0 heterocycles. The zero-order valence-electron chi connectivity index (χ0n) is 13.2. The van der Waals surface area contributed by atoms with Gasteiger partial charge in [0.15, 0.2) is 0 Å². The molecule has 0 aliphatic rings. The highest BCUT2D eigenvalue weighted by atomic mass is 16.5. The first-order chi connectivity index (χ1) is 10.7. The Morgan fingerprint density at radius 3 is 2.45 bits per heavy atom. The van der Waals surface area contributed by atoms with E-state index >= 15 is 0 Å². The average molecular weight is 299 g/mol. The standard InChI is InChI=1S/C18H21NO3/c1-4-21-14-10-11-17(22-5-2)15(12-14)18(20)19-16-9-7-6-8-13(16)3/h6-12H,4-5H2,1-3H3,(H,19,20). The number of carbonyl (C=O) groups excluding carboxylic acids is 1. The summed E-state index contributed by atoms with van der Waals surface area (Å²) in [6.07, 6.45) is 0. The number of benzene rings is 2. The van der Waals surface area contributed by atoms with Gasteiger partial charge in [0.25, 0.3) is 5.91 Å². The van der Waals surface area contributed by atoms with Gasteiger partial charge >= 0.3 is 0 Å². The van der Waals surface area contributed by atoms with E-state index in [2.05, 4.69) is 5.32 Å². The number of nitrogens with one attached hydrogen (secondary N) is 1. The van der Waals surface area contributed by atoms with E-state index in [9.17, 15) is 4.79 Å². The van der Waals surface area contributed by atoms with Gasteiger partial charge in [-0.2, -0.15) is 0 Å². The first-order valence-corrected chi connectivity index (χ1v) is 7.42. The Morgan fingerprint density at radius 1 is 1.05 bits per heavy atom. The summed E-state index contributed by atoms with van der Waals surface area (Å²) in [4.78, 5) is 12.6. The maximum absolute atomic E-state index is 12.6. The van der Waals surface area contributed by atoms with Gasteiger partial charge in [-0.05, 0) is 50.6 Å². The van der Waals surface area contributed by atoms with Crippen molar-refractivity contribution >= 4 is 11.6 Å². The molecule has 0 aliphatic carbocycles. The number of anilines is 1. The van der Waals surface area contributed by atoms with E-state index in [1.807, 2.05) is 45.0 Å². The van der Waals surface area contributed by atoms with Crippen molar-refractivity contribution in [3.05, 3.63) is 53.6 Å². The fourth-order valence-corrected chi connectivity index (χ4v) is 2.13. The number of ether oxygens (including phenoxy) is 2. The summed E-state index contributed by atoms with van der Waals surface area (Å²) >= 11 is 0. The van der Waals surface area contributed by atoms with E-state index < -0.39 is 0 Å². The van der Waals surface area contributed by atoms with Crippen LogP contribution in [0, 0.1) is 6.92 Å². The molecule has 0 saturated carbocycles. The largest absolute Gasteiger partial charge is 0.494 e. The molecule has 0 spiro atoms. The van der Waals surface area contributed by atoms with Crippen molar-refractivity contribution in [2.24, 2.45) is 0 Å². The summed E-state index contributed by atoms with van der Waals surface area (Å²) < 4.78 is 11.0. The lowest BCUT2D eigenvalue weighted by Gasteiger charge is -2.13. The lowest BCUT2D eigenvalue weighted by Crippen LogP contribution is -2.14. The Kier molecular flexibility index (Phi) is 5.42. The molecular weight excluding hydrogens is 278 g/mol. The van der Waals surface area contributed by atoms with Gasteiger partial charge in [-0.1, -0.05) is 18.2 Å². The van der Waals surface area contributed by atoms with Gasteiger partial charge in [-0.15, -0.1) is 0 Å². The second-order valence-electron chi connectivity index (χ2n) is 4.79. The Labute approximate surface area is 131 Å². The topological polar surface area (TPSA) is 47.6 Å². The van der Waals surface area contributed by atoms with E-state index in [-0.39, 0.29) is 5.91 Å². The third-order valence-electron chi connectivity index (χ3n) is 3.20. The van der Waals surface area contributed by atoms with E-state index in [4.69, 9.17) is 9.47 Å². The van der Waals surface area contributed by atoms with Crippen LogP contribution in [0.4, 0.5) is 5.69 Å². The summed E-state index contributed by atoms with van der Waals surface area (Å²) in [6.45, 7) is 6.80. The van der Waals surface area contributed by atoms with E-state index in [0.29, 0.717) is 30.3 Å². The van der Waals surface area contributed by atoms with Gasteiger partial charge in [0.2, 0.25) is 0 Å². The highest BCUT2D eigenvalue weighted by Crippen LogP contribution is 2.26. The second-order valence-corrected chi connectivity index (χ2v) is 4.79. The Balaban J connectivity index is 2.30. The smallest absolute Gasteiger partial charge is 0.259 e. The number of aryl methyl sites for hydroxylation is 1. The SMILES string of the molecule is CCOc1ccc(OCC)c(C(=O)Nc2ccccc2C)c1. The highest BCUT2D eigenvalue weighted by Gasteiger charge is 2.15. The molecule has 22 heavy (non-hydrogen) atoms. The molecule has 1 amide bonds. The van der Waals surface area contributed by atoms with E-state index in [1.165, 1.54) is 0 Å². The summed E-state index contributed by atoms with van der Waals surface area (Å²) in [7, 11) is 0. The zero-order chi connectivity index (χ0) is 15.9. The summed E-state index contributed by atoms with van der Waals surface area (Å²) in [6, 6.07) is 12.9. The van der Waals surface area contributed by atoms with Crippen molar-refractivity contribution in [2.75, 3.05) is 18.5 Å². The molecule has 1 N–H and O–H groups in total. The molecular formula is C18H21NO3. The molecule has 0 bridgehead atoms. The van der Waals surface area contributed by atoms with Gasteiger partial charge < -0.3 is 14.8 Å². The van der Waals surface area contributed by atoms with E-state index in [0.717, 1.165) is 11.3 Å². The number of para-hydroxylation sites is 1. The van der Waals surface area contributed by atoms with Crippen LogP contribution in [-0.2, 0) is 0 Å². The maximum atomic E-state index is 12.6. The second kappa shape index (κ2) is 7.50. The van der Waals surface area contributed by atoms with Crippen LogP contribution >= 0.6 is 0 Å². The highest BCUT2D eigenvalue weighted by molar-refractivity contribution is 6.06. The van der Waals surface area contributed by atoms with Crippen LogP contribution in [0.2, 0.25) is 0 Å². The fraction of sp³-hybridized carbons (Fsp3) is 0.278. The molecule has 0 aromatic heterocycles. The molecule has 0 aliphatic heterocycles. The van der Waals surface area contributed by atoms with Crippen LogP contribution < -0.4 is 14.8 Å². The number of rotatable bonds is 6. The molecule has 2 rings (SSSR count). The van der Waals surface area contributed by atoms with Gasteiger partial charge in [0, 0.05) is 5.69 Å². The van der Waals surface area contributed by atoms with Crippen molar-refractivity contribution in [1.82, 2.24) is 0 Å². The predicted octanol–water partition coefficient (Wildman–Crippen LogP) is 4.04. The molecule has 0 unspecified atom stereocenters. The number of carbonyl (C=O) groups is 1. The number of hydrogen-bond donors (Lipinski definition) is 1. The van der Waals surface area contributed by atoms with Gasteiger partial charge in [0.05, 0.1) is 18.8 Å². The van der Waals surface area contributed by atoms with Crippen molar-refractivity contribution in [2.45, 2.75) is 20.8 Å². The lowest BCUT2D eigenvalue weighted by atomic mass is 10.1. The Hall–Kier alpha value is -2.49. The van der Waals surface area contributed by atoms with Crippen LogP contribution in [0.1, 0.15) is 29.8 Å². The summed E-state index contributed by atoms with van der Waals surface area (Å²) in [5.74, 6) is 0.997. The van der Waals surface area contributed by atoms with Gasteiger partial charge in [-0.3, -0.25) is 4.79 Å². The van der Waals surface area contributed by atoms with Crippen LogP contribution in [0.3, 0.4) is 0 Å². The molecule has 4 heteroatoms. The minimum Gasteiger partial charge on any atom is -0.494 e. The van der Waals surface area contributed by atoms with Crippen molar-refractivity contribution in [1.29, 1.82) is 0 Å². The molecule has 0 radical (unpaired) electrons. The molecule has 2 aromatic carbocycles. The summed E-state index contributed by atoms with van der Waals surface area (Å²) in [5, 5.41) is 2.92. The molecule has 2 aromatic rings. The Morgan fingerprint density at radius 2 is 1.77 bits per heavy atom. The quantitative estimate of drug-likeness (QED) is 0.875.